The third kappa shape index (κ3) is 6.75. The van der Waals surface area contributed by atoms with Crippen molar-refractivity contribution in [3.05, 3.63) is 130 Å². The van der Waals surface area contributed by atoms with E-state index in [2.05, 4.69) is 53.2 Å². The average Bonchev–Trinajstić information content (AvgIpc) is 3.47. The van der Waals surface area contributed by atoms with Crippen LogP contribution < -0.4 is 5.32 Å². The van der Waals surface area contributed by atoms with Gasteiger partial charge in [-0.1, -0.05) is 97.1 Å². The first-order valence-corrected chi connectivity index (χ1v) is 15.8. The molecular weight excluding hydrogens is 549 g/mol. The molecule has 1 aliphatic rings. The Labute approximate surface area is 250 Å². The van der Waals surface area contributed by atoms with Crippen LogP contribution in [0.4, 0.5) is 0 Å². The number of thioether (sulfide) groups is 1. The minimum Gasteiger partial charge on any atom is -0.459 e. The number of benzene rings is 3. The number of amides is 1. The monoisotopic (exact) mass is 584 g/mol. The van der Waals surface area contributed by atoms with Crippen molar-refractivity contribution in [3.8, 4) is 0 Å². The Bertz CT molecular complexity index is 1320. The number of nitrogens with one attached hydrogen (secondary N) is 1. The second-order valence-corrected chi connectivity index (χ2v) is 13.4. The minimum atomic E-state index is -0.801. The molecule has 0 bridgehead atoms. The lowest BCUT2D eigenvalue weighted by Crippen LogP contribution is -2.57. The van der Waals surface area contributed by atoms with Crippen LogP contribution in [0.5, 0.6) is 0 Å². The Morgan fingerprint density at radius 3 is 1.85 bits per heavy atom. The van der Waals surface area contributed by atoms with E-state index in [1.807, 2.05) is 81.4 Å². The first-order chi connectivity index (χ1) is 19.8. The fraction of sp³-hybridized carbons (Fsp3) is 0.294. The second-order valence-electron chi connectivity index (χ2n) is 11.2. The van der Waals surface area contributed by atoms with Gasteiger partial charge in [0.1, 0.15) is 12.1 Å². The third-order valence-corrected chi connectivity index (χ3v) is 9.54. The summed E-state index contributed by atoms with van der Waals surface area (Å²) >= 11 is 3.44. The zero-order valence-electron chi connectivity index (χ0n) is 23.7. The molecule has 3 aromatic carbocycles. The predicted octanol–water partition coefficient (Wildman–Crippen LogP) is 6.66. The summed E-state index contributed by atoms with van der Waals surface area (Å²) in [5.74, 6) is 0.0527. The molecule has 1 N–H and O–H groups in total. The zero-order chi connectivity index (χ0) is 28.9. The molecule has 1 saturated heterocycles. The maximum absolute atomic E-state index is 14.4. The Morgan fingerprint density at radius 2 is 1.39 bits per heavy atom. The van der Waals surface area contributed by atoms with Crippen molar-refractivity contribution in [2.75, 3.05) is 18.8 Å². The lowest BCUT2D eigenvalue weighted by molar-refractivity contribution is -0.159. The highest BCUT2D eigenvalue weighted by molar-refractivity contribution is 7.99. The SMILES string of the molecule is CC(C)(C)OC(=O)CN1C[C@@H](c2cccs2)SC[C@H](NC(c2ccccc2)(c2ccccc2)c2ccccc2)C1=O. The van der Waals surface area contributed by atoms with Crippen LogP contribution in [0.3, 0.4) is 0 Å². The quantitative estimate of drug-likeness (QED) is 0.186. The van der Waals surface area contributed by atoms with E-state index in [4.69, 9.17) is 4.74 Å². The molecule has 41 heavy (non-hydrogen) atoms. The lowest BCUT2D eigenvalue weighted by Gasteiger charge is -2.40. The van der Waals surface area contributed by atoms with Crippen molar-refractivity contribution >= 4 is 35.0 Å². The predicted molar refractivity (Wildman–Crippen MR) is 168 cm³/mol. The van der Waals surface area contributed by atoms with Crippen LogP contribution in [0.15, 0.2) is 109 Å². The van der Waals surface area contributed by atoms with Crippen LogP contribution in [0.25, 0.3) is 0 Å². The number of carbonyl (C=O) groups is 2. The number of thiophene rings is 1. The van der Waals surface area contributed by atoms with Gasteiger partial charge in [0.05, 0.1) is 16.8 Å². The summed E-state index contributed by atoms with van der Waals surface area (Å²) in [5.41, 5.74) is 1.67. The first kappa shape index (κ1) is 29.1. The van der Waals surface area contributed by atoms with Crippen LogP contribution >= 0.6 is 23.1 Å². The molecule has 1 fully saturated rings. The number of esters is 1. The summed E-state index contributed by atoms with van der Waals surface area (Å²) in [7, 11) is 0. The van der Waals surface area contributed by atoms with Gasteiger partial charge >= 0.3 is 5.97 Å². The number of hydrogen-bond donors (Lipinski definition) is 1. The van der Waals surface area contributed by atoms with Crippen LogP contribution in [0.1, 0.15) is 47.6 Å². The number of carbonyl (C=O) groups excluding carboxylic acids is 2. The van der Waals surface area contributed by atoms with E-state index in [-0.39, 0.29) is 17.7 Å². The van der Waals surface area contributed by atoms with E-state index in [0.717, 1.165) is 16.7 Å². The Balaban J connectivity index is 1.58. The van der Waals surface area contributed by atoms with Gasteiger partial charge in [0.2, 0.25) is 5.91 Å². The van der Waals surface area contributed by atoms with Gasteiger partial charge in [-0.05, 0) is 48.9 Å². The van der Waals surface area contributed by atoms with Crippen molar-refractivity contribution in [2.24, 2.45) is 0 Å². The molecule has 5 rings (SSSR count). The van der Waals surface area contributed by atoms with E-state index >= 15 is 0 Å². The van der Waals surface area contributed by atoms with Gasteiger partial charge in [-0.2, -0.15) is 0 Å². The summed E-state index contributed by atoms with van der Waals surface area (Å²) in [4.78, 5) is 30.2. The molecule has 7 heteroatoms. The summed E-state index contributed by atoms with van der Waals surface area (Å²) in [6.45, 7) is 5.88. The molecular formula is C34H36N2O3S2. The highest BCUT2D eigenvalue weighted by atomic mass is 32.2. The van der Waals surface area contributed by atoms with Crippen molar-refractivity contribution in [3.63, 3.8) is 0 Å². The number of ether oxygens (including phenoxy) is 1. The van der Waals surface area contributed by atoms with Gasteiger partial charge in [0.15, 0.2) is 0 Å². The van der Waals surface area contributed by atoms with Crippen molar-refractivity contribution < 1.29 is 14.3 Å². The number of hydrogen-bond acceptors (Lipinski definition) is 6. The molecule has 0 spiro atoms. The van der Waals surface area contributed by atoms with E-state index < -0.39 is 23.2 Å². The van der Waals surface area contributed by atoms with Gasteiger partial charge in [0.25, 0.3) is 0 Å². The zero-order valence-corrected chi connectivity index (χ0v) is 25.3. The van der Waals surface area contributed by atoms with Gasteiger partial charge in [0, 0.05) is 17.2 Å². The molecule has 1 aromatic heterocycles. The van der Waals surface area contributed by atoms with Crippen molar-refractivity contribution in [2.45, 2.75) is 43.2 Å². The van der Waals surface area contributed by atoms with E-state index in [0.29, 0.717) is 12.3 Å². The minimum absolute atomic E-state index is 0.0627. The maximum Gasteiger partial charge on any atom is 0.326 e. The molecule has 1 amide bonds. The van der Waals surface area contributed by atoms with E-state index in [1.54, 1.807) is 28.0 Å². The first-order valence-electron chi connectivity index (χ1n) is 13.9. The summed E-state index contributed by atoms with van der Waals surface area (Å²) in [5, 5.41) is 5.98. The topological polar surface area (TPSA) is 58.6 Å². The molecule has 4 aromatic rings. The normalized spacial score (nSPS) is 18.1. The van der Waals surface area contributed by atoms with Gasteiger partial charge in [-0.3, -0.25) is 14.9 Å². The van der Waals surface area contributed by atoms with Crippen LogP contribution in [-0.4, -0.2) is 47.3 Å². The van der Waals surface area contributed by atoms with Gasteiger partial charge in [-0.15, -0.1) is 23.1 Å². The highest BCUT2D eigenvalue weighted by Gasteiger charge is 2.43. The smallest absolute Gasteiger partial charge is 0.326 e. The summed E-state index contributed by atoms with van der Waals surface area (Å²) in [6.07, 6.45) is 0. The van der Waals surface area contributed by atoms with E-state index in [1.165, 1.54) is 4.88 Å². The molecule has 0 aliphatic carbocycles. The lowest BCUT2D eigenvalue weighted by atomic mass is 9.76. The van der Waals surface area contributed by atoms with Crippen molar-refractivity contribution in [1.82, 2.24) is 10.2 Å². The summed E-state index contributed by atoms with van der Waals surface area (Å²) in [6, 6.07) is 34.4. The van der Waals surface area contributed by atoms with Gasteiger partial charge in [-0.25, -0.2) is 0 Å². The van der Waals surface area contributed by atoms with Crippen LogP contribution in [0, 0.1) is 0 Å². The van der Waals surface area contributed by atoms with Crippen LogP contribution in [0.2, 0.25) is 0 Å². The maximum atomic E-state index is 14.4. The molecule has 2 atom stereocenters. The van der Waals surface area contributed by atoms with Crippen molar-refractivity contribution in [1.29, 1.82) is 0 Å². The second kappa shape index (κ2) is 12.6. The number of rotatable bonds is 8. The summed E-state index contributed by atoms with van der Waals surface area (Å²) < 4.78 is 5.64. The fourth-order valence-electron chi connectivity index (χ4n) is 5.34. The largest absolute Gasteiger partial charge is 0.459 e. The molecule has 1 aliphatic heterocycles. The average molecular weight is 585 g/mol. The Morgan fingerprint density at radius 1 is 0.854 bits per heavy atom. The molecule has 2 heterocycles. The fourth-order valence-corrected chi connectivity index (χ4v) is 7.59. The molecule has 5 nitrogen and oxygen atoms in total. The molecule has 212 valence electrons. The number of nitrogens with zero attached hydrogens (tertiary/aromatic N) is 1. The van der Waals surface area contributed by atoms with Gasteiger partial charge < -0.3 is 9.64 Å². The third-order valence-electron chi connectivity index (χ3n) is 7.07. The Kier molecular flexibility index (Phi) is 8.97. The molecule has 0 radical (unpaired) electrons. The van der Waals surface area contributed by atoms with E-state index in [9.17, 15) is 9.59 Å². The Hall–Kier alpha value is -3.39. The highest BCUT2D eigenvalue weighted by Crippen LogP contribution is 2.40. The van der Waals surface area contributed by atoms with Crippen LogP contribution in [-0.2, 0) is 19.9 Å². The molecule has 0 saturated carbocycles. The molecule has 0 unspecified atom stereocenters. The standard InChI is InChI=1S/C34H36N2O3S2/c1-33(2,3)39-31(37)23-36-22-30(29-20-13-21-40-29)41-24-28(32(36)38)35-34(25-14-7-4-8-15-25,26-16-9-5-10-17-26)27-18-11-6-12-19-27/h4-21,28,30,35H,22-24H2,1-3H3/t28-,30-/m0/s1.